The Labute approximate surface area is 232 Å². The van der Waals surface area contributed by atoms with Gasteiger partial charge in [0.15, 0.2) is 0 Å². The summed E-state index contributed by atoms with van der Waals surface area (Å²) < 4.78 is 28.2. The number of hydrogen-bond acceptors (Lipinski definition) is 7. The molecule has 2 atom stereocenters. The number of ether oxygens (including phenoxy) is 3. The van der Waals surface area contributed by atoms with Crippen LogP contribution in [-0.2, 0) is 21.8 Å². The van der Waals surface area contributed by atoms with Crippen molar-refractivity contribution in [3.63, 3.8) is 0 Å². The molecule has 0 aliphatic carbocycles. The van der Waals surface area contributed by atoms with E-state index in [1.54, 1.807) is 11.0 Å². The van der Waals surface area contributed by atoms with Crippen LogP contribution < -0.4 is 14.5 Å². The van der Waals surface area contributed by atoms with Gasteiger partial charge < -0.3 is 24.0 Å². The minimum Gasteiger partial charge on any atom is -0.491 e. The van der Waals surface area contributed by atoms with Crippen LogP contribution in [0.1, 0.15) is 20.8 Å². The van der Waals surface area contributed by atoms with Crippen molar-refractivity contribution in [2.45, 2.75) is 32.3 Å². The average molecular weight is 529 g/mol. The van der Waals surface area contributed by atoms with Gasteiger partial charge in [-0.2, -0.15) is 5.10 Å². The summed E-state index contributed by atoms with van der Waals surface area (Å²) in [7, 11) is 0. The van der Waals surface area contributed by atoms with Gasteiger partial charge in [0.1, 0.15) is 37.7 Å². The Morgan fingerprint density at radius 1 is 0.897 bits per heavy atom. The summed E-state index contributed by atoms with van der Waals surface area (Å²) in [5.41, 5.74) is 3.31. The molecule has 204 valence electrons. The lowest BCUT2D eigenvalue weighted by molar-refractivity contribution is -0.190. The van der Waals surface area contributed by atoms with E-state index in [1.807, 2.05) is 80.6 Å². The Morgan fingerprint density at radius 2 is 1.56 bits per heavy atom. The van der Waals surface area contributed by atoms with Crippen molar-refractivity contribution in [3.05, 3.63) is 103 Å². The Kier molecular flexibility index (Phi) is 8.32. The molecule has 2 aliphatic heterocycles. The number of hydrogen-bond donors (Lipinski definition) is 0. The third-order valence-corrected chi connectivity index (χ3v) is 6.89. The zero-order chi connectivity index (χ0) is 27.8. The minimum atomic E-state index is -0.932. The third kappa shape index (κ3) is 6.41. The lowest BCUT2D eigenvalue weighted by Crippen LogP contribution is -2.46. The van der Waals surface area contributed by atoms with Crippen LogP contribution in [0.5, 0.6) is 5.75 Å². The molecule has 39 heavy (non-hydrogen) atoms. The van der Waals surface area contributed by atoms with E-state index in [0.29, 0.717) is 25.8 Å². The van der Waals surface area contributed by atoms with Crippen LogP contribution in [0, 0.1) is 0 Å². The van der Waals surface area contributed by atoms with E-state index in [4.69, 9.17) is 15.6 Å². The lowest BCUT2D eigenvalue weighted by Gasteiger charge is -2.37. The lowest BCUT2D eigenvalue weighted by atomic mass is 10.1. The van der Waals surface area contributed by atoms with Gasteiger partial charge in [-0.3, -0.25) is 0 Å². The fraction of sp³-hybridized carbons (Fsp3) is 0.355. The first-order chi connectivity index (χ1) is 19.7. The smallest absolute Gasteiger partial charge is 0.215 e. The highest BCUT2D eigenvalue weighted by molar-refractivity contribution is 5.53. The Morgan fingerprint density at radius 3 is 2.21 bits per heavy atom. The average Bonchev–Trinajstić information content (AvgIpc) is 3.69. The molecule has 6 rings (SSSR count). The first kappa shape index (κ1) is 25.4. The van der Waals surface area contributed by atoms with Gasteiger partial charge in [-0.1, -0.05) is 62.4 Å². The fourth-order valence-corrected chi connectivity index (χ4v) is 4.95. The van der Waals surface area contributed by atoms with Crippen molar-refractivity contribution in [2.24, 2.45) is 0 Å². The number of anilines is 2. The van der Waals surface area contributed by atoms with Crippen molar-refractivity contribution >= 4 is 11.4 Å². The van der Waals surface area contributed by atoms with Gasteiger partial charge in [0.25, 0.3) is 0 Å². The second kappa shape index (κ2) is 12.8. The van der Waals surface area contributed by atoms with Crippen LogP contribution in [-0.4, -0.2) is 60.3 Å². The summed E-state index contributed by atoms with van der Waals surface area (Å²) in [5, 5.41) is 4.24. The van der Waals surface area contributed by atoms with E-state index >= 15 is 0 Å². The largest absolute Gasteiger partial charge is 0.491 e. The predicted molar refractivity (Wildman–Crippen MR) is 153 cm³/mol. The van der Waals surface area contributed by atoms with E-state index < -0.39 is 5.79 Å². The fourth-order valence-electron chi connectivity index (χ4n) is 4.95. The molecule has 2 aliphatic rings. The van der Waals surface area contributed by atoms with Crippen LogP contribution in [0.4, 0.5) is 11.4 Å². The molecule has 3 aromatic carbocycles. The van der Waals surface area contributed by atoms with Gasteiger partial charge in [-0.05, 0) is 36.4 Å². The molecule has 0 saturated carbocycles. The maximum Gasteiger partial charge on any atom is 0.215 e. The van der Waals surface area contributed by atoms with Crippen LogP contribution in [0.3, 0.4) is 0 Å². The van der Waals surface area contributed by atoms with Crippen molar-refractivity contribution in [2.75, 3.05) is 49.2 Å². The topological polar surface area (TPSA) is 64.9 Å². The molecule has 0 bridgehead atoms. The number of nitrogens with zero attached hydrogens (tertiary/aromatic N) is 5. The van der Waals surface area contributed by atoms with Gasteiger partial charge in [0.2, 0.25) is 5.79 Å². The zero-order valence-corrected chi connectivity index (χ0v) is 22.6. The molecule has 2 fully saturated rings. The third-order valence-electron chi connectivity index (χ3n) is 6.89. The number of para-hydroxylation sites is 1. The minimum absolute atomic E-state index is 0.212. The van der Waals surface area contributed by atoms with Crippen molar-refractivity contribution in [3.8, 4) is 5.75 Å². The normalized spacial score (nSPS) is 21.2. The molecular weight excluding hydrogens is 490 g/mol. The van der Waals surface area contributed by atoms with E-state index in [0.717, 1.165) is 37.5 Å². The zero-order valence-electron chi connectivity index (χ0n) is 23.6. The molecule has 0 N–H and O–H groups in total. The van der Waals surface area contributed by atoms with Gasteiger partial charge in [0, 0.05) is 43.1 Å². The second-order valence-electron chi connectivity index (χ2n) is 9.30. The molecule has 0 radical (unpaired) electrons. The molecular formula is C31H37N5O3. The molecule has 1 aromatic heterocycles. The number of piperazine rings is 1. The second-order valence-corrected chi connectivity index (χ2v) is 9.30. The highest BCUT2D eigenvalue weighted by Crippen LogP contribution is 2.36. The van der Waals surface area contributed by atoms with Crippen LogP contribution in [0.2, 0.25) is 0 Å². The Balaban J connectivity index is 0.00000158. The SMILES string of the molecule is CC.[2H]c1ccc(N2CCN(c3ccc(OCC4COC(Cn5cncn5)(c5ccccc5)O4)cc3)CC2)cc1. The highest BCUT2D eigenvalue weighted by atomic mass is 16.8. The summed E-state index contributed by atoms with van der Waals surface area (Å²) >= 11 is 0. The molecule has 2 saturated heterocycles. The summed E-state index contributed by atoms with van der Waals surface area (Å²) in [5.74, 6) is -0.127. The summed E-state index contributed by atoms with van der Waals surface area (Å²) in [6.07, 6.45) is 2.96. The standard InChI is InChI=1S/C29H31N5O3.C2H6/c1-3-7-24(8-4-1)29(21-34-23-30-22-31-34)36-20-28(37-29)19-35-27-13-11-26(12-14-27)33-17-15-32(16-18-33)25-9-5-2-6-10-25;1-2/h1-14,22-23,28H,15-21H2;1-2H3/i2D;. The molecule has 8 heteroatoms. The maximum atomic E-state index is 7.68. The number of aromatic nitrogens is 3. The van der Waals surface area contributed by atoms with Crippen molar-refractivity contribution in [1.29, 1.82) is 0 Å². The summed E-state index contributed by atoms with van der Waals surface area (Å²) in [4.78, 5) is 8.81. The highest BCUT2D eigenvalue weighted by Gasteiger charge is 2.44. The number of benzene rings is 3. The van der Waals surface area contributed by atoms with Crippen LogP contribution >= 0.6 is 0 Å². The van der Waals surface area contributed by atoms with E-state index in [-0.39, 0.29) is 6.10 Å². The van der Waals surface area contributed by atoms with Crippen LogP contribution in [0.15, 0.2) is 97.6 Å². The Bertz CT molecular complexity index is 1300. The molecule has 3 heterocycles. The van der Waals surface area contributed by atoms with E-state index in [9.17, 15) is 0 Å². The van der Waals surface area contributed by atoms with Gasteiger partial charge >= 0.3 is 0 Å². The van der Waals surface area contributed by atoms with E-state index in [2.05, 4.69) is 32.0 Å². The monoisotopic (exact) mass is 528 g/mol. The van der Waals surface area contributed by atoms with Crippen molar-refractivity contribution in [1.82, 2.24) is 14.8 Å². The predicted octanol–water partition coefficient (Wildman–Crippen LogP) is 4.98. The summed E-state index contributed by atoms with van der Waals surface area (Å²) in [6, 6.07) is 26.5. The molecule has 4 aromatic rings. The van der Waals surface area contributed by atoms with Gasteiger partial charge in [0.05, 0.1) is 7.98 Å². The Hall–Kier alpha value is -3.88. The molecule has 2 unspecified atom stereocenters. The first-order valence-corrected chi connectivity index (χ1v) is 13.7. The maximum absolute atomic E-state index is 7.68. The molecule has 0 spiro atoms. The molecule has 0 amide bonds. The quantitative estimate of drug-likeness (QED) is 0.320. The van der Waals surface area contributed by atoms with Gasteiger partial charge in [-0.15, -0.1) is 0 Å². The van der Waals surface area contributed by atoms with E-state index in [1.165, 1.54) is 17.7 Å². The first-order valence-electron chi connectivity index (χ1n) is 14.2. The van der Waals surface area contributed by atoms with Gasteiger partial charge in [-0.25, -0.2) is 9.67 Å². The number of rotatable bonds is 8. The van der Waals surface area contributed by atoms with Crippen LogP contribution in [0.25, 0.3) is 0 Å². The summed E-state index contributed by atoms with van der Waals surface area (Å²) in [6.45, 7) is 9.02. The molecule has 8 nitrogen and oxygen atoms in total. The van der Waals surface area contributed by atoms with Crippen molar-refractivity contribution < 1.29 is 15.6 Å².